The van der Waals surface area contributed by atoms with Gasteiger partial charge in [-0.05, 0) is 59.4 Å². The van der Waals surface area contributed by atoms with Crippen LogP contribution in [0.1, 0.15) is 47.0 Å². The Hall–Kier alpha value is -0.650. The molecule has 128 valence electrons. The molecule has 0 aromatic rings. The minimum atomic E-state index is -0.743. The molecule has 5 heteroatoms. The largest absolute Gasteiger partial charge is 0.373 e. The molecule has 5 nitrogen and oxygen atoms in total. The highest BCUT2D eigenvalue weighted by Crippen LogP contribution is 2.23. The minimum absolute atomic E-state index is 0.0850. The molecule has 2 aliphatic heterocycles. The van der Waals surface area contributed by atoms with Gasteiger partial charge in [-0.25, -0.2) is 0 Å². The van der Waals surface area contributed by atoms with Crippen molar-refractivity contribution in [3.63, 3.8) is 0 Å². The van der Waals surface area contributed by atoms with Gasteiger partial charge in [-0.2, -0.15) is 0 Å². The Morgan fingerprint density at radius 3 is 2.23 bits per heavy atom. The Morgan fingerprint density at radius 1 is 1.18 bits per heavy atom. The highest BCUT2D eigenvalue weighted by molar-refractivity contribution is 5.85. The van der Waals surface area contributed by atoms with E-state index in [0.29, 0.717) is 12.2 Å². The quantitative estimate of drug-likeness (QED) is 0.854. The molecule has 0 spiro atoms. The summed E-state index contributed by atoms with van der Waals surface area (Å²) in [5.41, 5.74) is 5.17. The number of hydrogen-bond donors (Lipinski definition) is 1. The number of rotatable bonds is 4. The van der Waals surface area contributed by atoms with Crippen molar-refractivity contribution in [3.8, 4) is 0 Å². The molecule has 22 heavy (non-hydrogen) atoms. The zero-order valence-corrected chi connectivity index (χ0v) is 14.7. The molecule has 2 saturated heterocycles. The number of carbonyl (C=O) groups is 1. The highest BCUT2D eigenvalue weighted by atomic mass is 16.5. The summed E-state index contributed by atoms with van der Waals surface area (Å²) in [5, 5.41) is 0. The van der Waals surface area contributed by atoms with Crippen molar-refractivity contribution >= 4 is 5.91 Å². The molecule has 1 amide bonds. The third kappa shape index (κ3) is 4.93. The first kappa shape index (κ1) is 17.7. The van der Waals surface area contributed by atoms with E-state index >= 15 is 0 Å². The summed E-state index contributed by atoms with van der Waals surface area (Å²) in [7, 11) is 0. The van der Waals surface area contributed by atoms with Crippen LogP contribution < -0.4 is 5.73 Å². The maximum Gasteiger partial charge on any atom is 0.242 e. The number of piperidine rings is 1. The molecule has 0 radical (unpaired) electrons. The summed E-state index contributed by atoms with van der Waals surface area (Å²) in [6.07, 6.45) is 4.13. The Balaban J connectivity index is 1.70. The van der Waals surface area contributed by atoms with Crippen LogP contribution in [0.15, 0.2) is 0 Å². The Kier molecular flexibility index (Phi) is 5.86. The molecular weight excluding hydrogens is 278 g/mol. The van der Waals surface area contributed by atoms with Gasteiger partial charge in [0, 0.05) is 26.2 Å². The van der Waals surface area contributed by atoms with Crippen molar-refractivity contribution in [2.24, 2.45) is 11.7 Å². The average Bonchev–Trinajstić information content (AvgIpc) is 2.43. The van der Waals surface area contributed by atoms with E-state index in [9.17, 15) is 4.79 Å². The van der Waals surface area contributed by atoms with Gasteiger partial charge < -0.3 is 15.4 Å². The average molecular weight is 311 g/mol. The standard InChI is InChI=1S/C17H33N3O2/c1-13-11-19(12-14(2)22-13)8-5-15-6-9-20(10-7-15)16(21)17(3,4)18/h13-15H,5-12,18H2,1-4H3. The van der Waals surface area contributed by atoms with Crippen molar-refractivity contribution in [3.05, 3.63) is 0 Å². The number of carbonyl (C=O) groups excluding carboxylic acids is 1. The summed E-state index contributed by atoms with van der Waals surface area (Å²) in [6, 6.07) is 0. The Bertz CT molecular complexity index is 363. The molecular formula is C17H33N3O2. The zero-order valence-electron chi connectivity index (χ0n) is 14.7. The Morgan fingerprint density at radius 2 is 1.73 bits per heavy atom. The van der Waals surface area contributed by atoms with E-state index in [1.165, 1.54) is 6.42 Å². The molecule has 2 rings (SSSR count). The van der Waals surface area contributed by atoms with Gasteiger partial charge in [0.2, 0.25) is 5.91 Å². The third-order valence-corrected chi connectivity index (χ3v) is 4.80. The fraction of sp³-hybridized carbons (Fsp3) is 0.941. The molecule has 2 N–H and O–H groups in total. The van der Waals surface area contributed by atoms with Gasteiger partial charge in [0.05, 0.1) is 17.7 Å². The second-order valence-corrected chi connectivity index (χ2v) is 7.76. The summed E-state index contributed by atoms with van der Waals surface area (Å²) >= 11 is 0. The topological polar surface area (TPSA) is 58.8 Å². The normalized spacial score (nSPS) is 28.9. The molecule has 2 unspecified atom stereocenters. The van der Waals surface area contributed by atoms with E-state index in [1.807, 2.05) is 4.90 Å². The van der Waals surface area contributed by atoms with Crippen molar-refractivity contribution in [1.82, 2.24) is 9.80 Å². The molecule has 0 aromatic heterocycles. The lowest BCUT2D eigenvalue weighted by molar-refractivity contribution is -0.137. The van der Waals surface area contributed by atoms with Crippen LogP contribution in [0.25, 0.3) is 0 Å². The number of likely N-dealkylation sites (tertiary alicyclic amines) is 1. The van der Waals surface area contributed by atoms with Crippen molar-refractivity contribution in [1.29, 1.82) is 0 Å². The van der Waals surface area contributed by atoms with Crippen molar-refractivity contribution < 1.29 is 9.53 Å². The van der Waals surface area contributed by atoms with Gasteiger partial charge in [-0.1, -0.05) is 0 Å². The van der Waals surface area contributed by atoms with Crippen molar-refractivity contribution in [2.45, 2.75) is 64.7 Å². The van der Waals surface area contributed by atoms with Crippen LogP contribution in [-0.2, 0) is 9.53 Å². The monoisotopic (exact) mass is 311 g/mol. The van der Waals surface area contributed by atoms with E-state index in [2.05, 4.69) is 18.7 Å². The van der Waals surface area contributed by atoms with E-state index in [0.717, 1.165) is 51.5 Å². The number of hydrogen-bond acceptors (Lipinski definition) is 4. The molecule has 2 aliphatic rings. The Labute approximate surface area is 135 Å². The molecule has 2 atom stereocenters. The maximum absolute atomic E-state index is 12.2. The lowest BCUT2D eigenvalue weighted by atomic mass is 9.92. The molecule has 0 bridgehead atoms. The van der Waals surface area contributed by atoms with Crippen LogP contribution in [0, 0.1) is 5.92 Å². The maximum atomic E-state index is 12.2. The van der Waals surface area contributed by atoms with Gasteiger partial charge in [0.1, 0.15) is 0 Å². The second kappa shape index (κ2) is 7.28. The van der Waals surface area contributed by atoms with Gasteiger partial charge in [-0.3, -0.25) is 9.69 Å². The first-order chi connectivity index (χ1) is 10.3. The summed E-state index contributed by atoms with van der Waals surface area (Å²) in [5.74, 6) is 0.820. The van der Waals surface area contributed by atoms with Crippen LogP contribution in [-0.4, -0.2) is 66.2 Å². The van der Waals surface area contributed by atoms with E-state index in [4.69, 9.17) is 10.5 Å². The fourth-order valence-corrected chi connectivity index (χ4v) is 3.66. The summed E-state index contributed by atoms with van der Waals surface area (Å²) in [4.78, 5) is 16.6. The second-order valence-electron chi connectivity index (χ2n) is 7.76. The van der Waals surface area contributed by atoms with E-state index in [-0.39, 0.29) is 5.91 Å². The lowest BCUT2D eigenvalue weighted by Gasteiger charge is -2.38. The smallest absolute Gasteiger partial charge is 0.242 e. The number of morpholine rings is 1. The lowest BCUT2D eigenvalue weighted by Crippen LogP contribution is -2.53. The molecule has 2 heterocycles. The third-order valence-electron chi connectivity index (χ3n) is 4.80. The van der Waals surface area contributed by atoms with Crippen molar-refractivity contribution in [2.75, 3.05) is 32.7 Å². The van der Waals surface area contributed by atoms with Crippen LogP contribution >= 0.6 is 0 Å². The van der Waals surface area contributed by atoms with E-state index in [1.54, 1.807) is 13.8 Å². The van der Waals surface area contributed by atoms with Gasteiger partial charge >= 0.3 is 0 Å². The molecule has 0 aromatic carbocycles. The number of amides is 1. The predicted octanol–water partition coefficient (Wildman–Crippen LogP) is 1.46. The van der Waals surface area contributed by atoms with E-state index < -0.39 is 5.54 Å². The summed E-state index contributed by atoms with van der Waals surface area (Å²) < 4.78 is 5.78. The summed E-state index contributed by atoms with van der Waals surface area (Å²) in [6.45, 7) is 12.9. The van der Waals surface area contributed by atoms with Crippen LogP contribution in [0.2, 0.25) is 0 Å². The molecule has 0 saturated carbocycles. The first-order valence-electron chi connectivity index (χ1n) is 8.71. The first-order valence-corrected chi connectivity index (χ1v) is 8.71. The number of nitrogens with zero attached hydrogens (tertiary/aromatic N) is 2. The van der Waals surface area contributed by atoms with Crippen LogP contribution in [0.5, 0.6) is 0 Å². The number of ether oxygens (including phenoxy) is 1. The zero-order chi connectivity index (χ0) is 16.3. The predicted molar refractivity (Wildman–Crippen MR) is 88.6 cm³/mol. The SMILES string of the molecule is CC1CN(CCC2CCN(C(=O)C(C)(C)N)CC2)CC(C)O1. The fourth-order valence-electron chi connectivity index (χ4n) is 3.66. The van der Waals surface area contributed by atoms with Gasteiger partial charge in [0.15, 0.2) is 0 Å². The van der Waals surface area contributed by atoms with Crippen LogP contribution in [0.3, 0.4) is 0 Å². The number of nitrogens with two attached hydrogens (primary N) is 1. The van der Waals surface area contributed by atoms with Gasteiger partial charge in [0.25, 0.3) is 0 Å². The van der Waals surface area contributed by atoms with Gasteiger partial charge in [-0.15, -0.1) is 0 Å². The molecule has 0 aliphatic carbocycles. The highest BCUT2D eigenvalue weighted by Gasteiger charge is 2.31. The molecule has 2 fully saturated rings. The minimum Gasteiger partial charge on any atom is -0.373 e. The van der Waals surface area contributed by atoms with Crippen LogP contribution in [0.4, 0.5) is 0 Å².